The van der Waals surface area contributed by atoms with E-state index in [9.17, 15) is 9.90 Å². The summed E-state index contributed by atoms with van der Waals surface area (Å²) in [5.41, 5.74) is 4.45. The van der Waals surface area contributed by atoms with E-state index in [0.717, 1.165) is 36.3 Å². The van der Waals surface area contributed by atoms with Crippen molar-refractivity contribution in [1.29, 1.82) is 0 Å². The van der Waals surface area contributed by atoms with Crippen molar-refractivity contribution in [2.45, 2.75) is 0 Å². The molecular weight excluding hydrogens is 520 g/mol. The molecule has 0 saturated carbocycles. The van der Waals surface area contributed by atoms with Crippen LogP contribution in [0.1, 0.15) is 16.1 Å². The zero-order valence-corrected chi connectivity index (χ0v) is 20.0. The van der Waals surface area contributed by atoms with Crippen molar-refractivity contribution in [2.24, 2.45) is 14.1 Å². The molecule has 0 saturated heterocycles. The van der Waals surface area contributed by atoms with Gasteiger partial charge in [-0.25, -0.2) is 0 Å². The van der Waals surface area contributed by atoms with Crippen LogP contribution >= 0.6 is 31.9 Å². The van der Waals surface area contributed by atoms with Gasteiger partial charge in [-0.2, -0.15) is 0 Å². The van der Waals surface area contributed by atoms with Gasteiger partial charge in [0, 0.05) is 62.2 Å². The van der Waals surface area contributed by atoms with Crippen molar-refractivity contribution in [3.63, 3.8) is 0 Å². The molecule has 0 amide bonds. The van der Waals surface area contributed by atoms with E-state index in [4.69, 9.17) is 0 Å². The first-order valence-corrected chi connectivity index (χ1v) is 11.3. The fourth-order valence-corrected chi connectivity index (χ4v) is 5.00. The van der Waals surface area contributed by atoms with Gasteiger partial charge in [-0.05, 0) is 30.3 Å². The Hall–Kier alpha value is -2.83. The third kappa shape index (κ3) is 3.13. The number of ketones is 1. The average Bonchev–Trinajstić information content (AvgIpc) is 3.22. The maximum Gasteiger partial charge on any atom is 0.212 e. The van der Waals surface area contributed by atoms with Crippen molar-refractivity contribution in [2.75, 3.05) is 0 Å². The smallest absolute Gasteiger partial charge is 0.212 e. The molecule has 5 rings (SSSR count). The molecule has 2 aromatic heterocycles. The number of hydrogen-bond donors (Lipinski definition) is 1. The summed E-state index contributed by atoms with van der Waals surface area (Å²) in [6, 6.07) is 19.0. The van der Waals surface area contributed by atoms with Gasteiger partial charge in [0.1, 0.15) is 5.75 Å². The molecule has 4 nitrogen and oxygen atoms in total. The lowest BCUT2D eigenvalue weighted by Gasteiger charge is -2.09. The topological polar surface area (TPSA) is 47.2 Å². The Balaban J connectivity index is 1.85. The highest BCUT2D eigenvalue weighted by Gasteiger charge is 2.27. The molecule has 0 radical (unpaired) electrons. The van der Waals surface area contributed by atoms with Gasteiger partial charge in [0.15, 0.2) is 0 Å². The van der Waals surface area contributed by atoms with Gasteiger partial charge in [-0.15, -0.1) is 0 Å². The highest BCUT2D eigenvalue weighted by atomic mass is 79.9. The van der Waals surface area contributed by atoms with Crippen LogP contribution in [0.25, 0.3) is 32.9 Å². The van der Waals surface area contributed by atoms with Crippen LogP contribution in [-0.4, -0.2) is 20.0 Å². The lowest BCUT2D eigenvalue weighted by molar-refractivity contribution is 0.103. The van der Waals surface area contributed by atoms with E-state index in [1.807, 2.05) is 78.0 Å². The molecule has 0 atom stereocenters. The number of nitrogens with zero attached hydrogens (tertiary/aromatic N) is 2. The first-order chi connectivity index (χ1) is 14.9. The van der Waals surface area contributed by atoms with Crippen LogP contribution < -0.4 is 0 Å². The molecule has 6 heteroatoms. The maximum absolute atomic E-state index is 14.0. The normalized spacial score (nSPS) is 11.5. The number of fused-ring (bicyclic) bond motifs is 2. The number of hydrogen-bond acceptors (Lipinski definition) is 2. The van der Waals surface area contributed by atoms with Gasteiger partial charge in [-0.1, -0.05) is 62.2 Å². The molecule has 5 aromatic rings. The summed E-state index contributed by atoms with van der Waals surface area (Å²) in [7, 11) is 3.83. The predicted octanol–water partition coefficient (Wildman–Crippen LogP) is 6.80. The summed E-state index contributed by atoms with van der Waals surface area (Å²) >= 11 is 7.06. The number of aromatic hydroxyl groups is 1. The van der Waals surface area contributed by atoms with Gasteiger partial charge < -0.3 is 14.2 Å². The summed E-state index contributed by atoms with van der Waals surface area (Å²) in [6.45, 7) is 0. The number of phenols is 1. The standard InChI is InChI=1S/C25H18Br2N2O2/c1-28-13-19(16-9-7-14(26)11-20(16)28)25(31)24-23(18-5-3-4-6-22(18)30)17-10-8-15(27)12-21(17)29(24)2/h3-13,30H,1-2H3. The minimum atomic E-state index is -0.0824. The van der Waals surface area contributed by atoms with E-state index < -0.39 is 0 Å². The first-order valence-electron chi connectivity index (χ1n) is 9.72. The maximum atomic E-state index is 14.0. The van der Waals surface area contributed by atoms with Crippen molar-refractivity contribution in [3.8, 4) is 16.9 Å². The summed E-state index contributed by atoms with van der Waals surface area (Å²) in [5, 5.41) is 12.4. The third-order valence-corrected chi connectivity index (χ3v) is 6.73. The molecule has 1 N–H and O–H groups in total. The molecule has 2 heterocycles. The highest BCUT2D eigenvalue weighted by molar-refractivity contribution is 9.10. The second-order valence-electron chi connectivity index (χ2n) is 7.61. The monoisotopic (exact) mass is 536 g/mol. The van der Waals surface area contributed by atoms with Gasteiger partial charge >= 0.3 is 0 Å². The predicted molar refractivity (Wildman–Crippen MR) is 132 cm³/mol. The molecule has 0 aliphatic heterocycles. The van der Waals surface area contributed by atoms with E-state index in [2.05, 4.69) is 31.9 Å². The number of phenolic OH excluding ortho intramolecular Hbond substituents is 1. The minimum Gasteiger partial charge on any atom is -0.507 e. The van der Waals surface area contributed by atoms with Crippen LogP contribution in [0.3, 0.4) is 0 Å². The molecule has 0 aliphatic rings. The van der Waals surface area contributed by atoms with Crippen LogP contribution in [0.15, 0.2) is 75.8 Å². The van der Waals surface area contributed by atoms with E-state index in [0.29, 0.717) is 16.8 Å². The average molecular weight is 538 g/mol. The summed E-state index contributed by atoms with van der Waals surface area (Å²) in [6.07, 6.45) is 1.88. The summed E-state index contributed by atoms with van der Waals surface area (Å²) in [4.78, 5) is 14.0. The number of aromatic nitrogens is 2. The van der Waals surface area contributed by atoms with Crippen LogP contribution in [0.4, 0.5) is 0 Å². The SMILES string of the molecule is Cn1cc(C(=O)c2c(-c3ccccc3O)c3ccc(Br)cc3n2C)c2ccc(Br)cc21. The van der Waals surface area contributed by atoms with E-state index in [1.165, 1.54) is 0 Å². The van der Waals surface area contributed by atoms with Crippen LogP contribution in [0.2, 0.25) is 0 Å². The second kappa shape index (κ2) is 7.39. The Kier molecular flexibility index (Phi) is 4.79. The Morgan fingerprint density at radius 3 is 2.23 bits per heavy atom. The van der Waals surface area contributed by atoms with Gasteiger partial charge in [0.05, 0.1) is 11.2 Å². The second-order valence-corrected chi connectivity index (χ2v) is 9.44. The molecule has 3 aromatic carbocycles. The highest BCUT2D eigenvalue weighted by Crippen LogP contribution is 2.41. The molecule has 0 fully saturated rings. The molecule has 0 unspecified atom stereocenters. The van der Waals surface area contributed by atoms with Crippen molar-refractivity contribution < 1.29 is 9.90 Å². The van der Waals surface area contributed by atoms with Crippen LogP contribution in [0, 0.1) is 0 Å². The fourth-order valence-electron chi connectivity index (χ4n) is 4.30. The van der Waals surface area contributed by atoms with Gasteiger partial charge in [0.2, 0.25) is 5.78 Å². The Labute approximate surface area is 196 Å². The Morgan fingerprint density at radius 2 is 1.52 bits per heavy atom. The molecule has 0 spiro atoms. The zero-order valence-electron chi connectivity index (χ0n) is 16.9. The zero-order chi connectivity index (χ0) is 21.9. The largest absolute Gasteiger partial charge is 0.507 e. The Bertz CT molecular complexity index is 1510. The van der Waals surface area contributed by atoms with Gasteiger partial charge in [0.25, 0.3) is 0 Å². The van der Waals surface area contributed by atoms with Crippen LogP contribution in [0.5, 0.6) is 5.75 Å². The molecular formula is C25H18Br2N2O2. The minimum absolute atomic E-state index is 0.0824. The third-order valence-electron chi connectivity index (χ3n) is 5.75. The Morgan fingerprint density at radius 1 is 0.871 bits per heavy atom. The van der Waals surface area contributed by atoms with E-state index >= 15 is 0 Å². The molecule has 0 aliphatic carbocycles. The molecule has 31 heavy (non-hydrogen) atoms. The first kappa shape index (κ1) is 20.1. The number of para-hydroxylation sites is 1. The number of halogens is 2. The number of aryl methyl sites for hydroxylation is 2. The number of rotatable bonds is 3. The van der Waals surface area contributed by atoms with Crippen molar-refractivity contribution in [1.82, 2.24) is 9.13 Å². The number of benzene rings is 3. The van der Waals surface area contributed by atoms with Gasteiger partial charge in [-0.3, -0.25) is 4.79 Å². The fraction of sp³-hybridized carbons (Fsp3) is 0.0800. The van der Waals surface area contributed by atoms with E-state index in [1.54, 1.807) is 12.1 Å². The molecule has 154 valence electrons. The molecule has 0 bridgehead atoms. The summed E-state index contributed by atoms with van der Waals surface area (Å²) < 4.78 is 5.77. The van der Waals surface area contributed by atoms with Crippen molar-refractivity contribution >= 4 is 59.4 Å². The van der Waals surface area contributed by atoms with E-state index in [-0.39, 0.29) is 11.5 Å². The van der Waals surface area contributed by atoms with Crippen molar-refractivity contribution in [3.05, 3.63) is 87.1 Å². The lowest BCUT2D eigenvalue weighted by Crippen LogP contribution is -2.08. The summed E-state index contributed by atoms with van der Waals surface area (Å²) in [5.74, 6) is 0.0646. The lowest BCUT2D eigenvalue weighted by atomic mass is 9.97. The number of carbonyl (C=O) groups is 1. The quantitative estimate of drug-likeness (QED) is 0.257. The van der Waals surface area contributed by atoms with Crippen LogP contribution in [-0.2, 0) is 14.1 Å². The number of carbonyl (C=O) groups excluding carboxylic acids is 1.